The Hall–Kier alpha value is 0.675. The van der Waals surface area contributed by atoms with E-state index in [4.69, 9.17) is 7.80 Å². The van der Waals surface area contributed by atoms with E-state index in [0.717, 1.165) is 0 Å². The van der Waals surface area contributed by atoms with Crippen LogP contribution in [-0.2, 0) is 7.80 Å². The predicted octanol–water partition coefficient (Wildman–Crippen LogP) is 1.90. The highest BCUT2D eigenvalue weighted by molar-refractivity contribution is 14.1. The summed E-state index contributed by atoms with van der Waals surface area (Å²) in [5.74, 6) is 0.101. The Balaban J connectivity index is 4.73. The summed E-state index contributed by atoms with van der Waals surface area (Å²) < 4.78 is 11.3. The molecule has 0 saturated heterocycles. The second-order valence-corrected chi connectivity index (χ2v) is 6.41. The van der Waals surface area contributed by atoms with Gasteiger partial charge in [-0.3, -0.25) is 0 Å². The Morgan fingerprint density at radius 1 is 1.19 bits per heavy atom. The van der Waals surface area contributed by atoms with Gasteiger partial charge in [-0.1, -0.05) is 6.92 Å². The van der Waals surface area contributed by atoms with Gasteiger partial charge in [-0.25, -0.2) is 0 Å². The molecule has 3 atom stereocenters. The Bertz CT molecular complexity index is 214. The molecule has 0 saturated carbocycles. The second kappa shape index (κ2) is 6.02. The third-order valence-electron chi connectivity index (χ3n) is 2.74. The van der Waals surface area contributed by atoms with E-state index >= 15 is 0 Å². The van der Waals surface area contributed by atoms with E-state index in [1.165, 1.54) is 0 Å². The SMILES string of the molecule is BC(C)(C)OC(C)(C)C(C)C(OI)C(C)O. The van der Waals surface area contributed by atoms with Gasteiger partial charge in [0.05, 0.1) is 11.7 Å². The molecular formula is C11H24BIO3. The van der Waals surface area contributed by atoms with E-state index < -0.39 is 6.10 Å². The first-order chi connectivity index (χ1) is 7.01. The lowest BCUT2D eigenvalue weighted by Gasteiger charge is -2.41. The summed E-state index contributed by atoms with van der Waals surface area (Å²) in [5, 5.41) is 9.66. The lowest BCUT2D eigenvalue weighted by atomic mass is 9.81. The van der Waals surface area contributed by atoms with Gasteiger partial charge in [0.1, 0.15) is 37.0 Å². The van der Waals surface area contributed by atoms with Crippen LogP contribution in [-0.4, -0.2) is 36.3 Å². The first-order valence-corrected chi connectivity index (χ1v) is 6.55. The summed E-state index contributed by atoms with van der Waals surface area (Å²) >= 11 is 1.84. The van der Waals surface area contributed by atoms with Crippen LogP contribution in [0.25, 0.3) is 0 Å². The third-order valence-corrected chi connectivity index (χ3v) is 3.32. The van der Waals surface area contributed by atoms with Gasteiger partial charge in [-0.15, -0.1) is 0 Å². The molecule has 0 aliphatic carbocycles. The highest BCUT2D eigenvalue weighted by Gasteiger charge is 2.38. The van der Waals surface area contributed by atoms with Crippen molar-refractivity contribution in [3.05, 3.63) is 0 Å². The molecule has 0 aromatic carbocycles. The minimum Gasteiger partial charge on any atom is -0.391 e. The Kier molecular flexibility index (Phi) is 6.28. The second-order valence-electron chi connectivity index (χ2n) is 5.90. The van der Waals surface area contributed by atoms with Crippen molar-refractivity contribution in [1.82, 2.24) is 0 Å². The van der Waals surface area contributed by atoms with Crippen molar-refractivity contribution in [2.75, 3.05) is 0 Å². The quantitative estimate of drug-likeness (QED) is 0.592. The number of hydrogen-bond donors (Lipinski definition) is 1. The third kappa shape index (κ3) is 5.34. The smallest absolute Gasteiger partial charge is 0.142 e. The summed E-state index contributed by atoms with van der Waals surface area (Å²) in [7, 11) is 2.03. The van der Waals surface area contributed by atoms with Crippen molar-refractivity contribution in [2.45, 2.75) is 64.9 Å². The maximum atomic E-state index is 9.66. The monoisotopic (exact) mass is 342 g/mol. The zero-order chi connectivity index (χ0) is 13.1. The molecule has 0 spiro atoms. The predicted molar refractivity (Wildman–Crippen MR) is 77.5 cm³/mol. The molecular weight excluding hydrogens is 318 g/mol. The normalized spacial score (nSPS) is 19.2. The van der Waals surface area contributed by atoms with Crippen LogP contribution in [0, 0.1) is 5.92 Å². The molecule has 0 aliphatic rings. The van der Waals surface area contributed by atoms with Gasteiger partial charge < -0.3 is 12.9 Å². The molecule has 0 aliphatic heterocycles. The zero-order valence-electron chi connectivity index (χ0n) is 11.4. The Morgan fingerprint density at radius 2 is 1.62 bits per heavy atom. The molecule has 96 valence electrons. The van der Waals surface area contributed by atoms with Gasteiger partial charge in [0.15, 0.2) is 0 Å². The maximum Gasteiger partial charge on any atom is 0.142 e. The minimum absolute atomic E-state index is 0.101. The van der Waals surface area contributed by atoms with E-state index in [1.54, 1.807) is 6.92 Å². The summed E-state index contributed by atoms with van der Waals surface area (Å²) in [6, 6.07) is 0. The largest absolute Gasteiger partial charge is 0.391 e. The molecule has 0 radical (unpaired) electrons. The van der Waals surface area contributed by atoms with Crippen LogP contribution in [0.4, 0.5) is 0 Å². The van der Waals surface area contributed by atoms with Crippen LogP contribution in [0.15, 0.2) is 0 Å². The number of hydrogen-bond acceptors (Lipinski definition) is 3. The van der Waals surface area contributed by atoms with Crippen molar-refractivity contribution >= 4 is 30.9 Å². The van der Waals surface area contributed by atoms with Gasteiger partial charge in [-0.2, -0.15) is 0 Å². The van der Waals surface area contributed by atoms with Gasteiger partial charge in [-0.05, 0) is 34.6 Å². The van der Waals surface area contributed by atoms with Crippen LogP contribution >= 0.6 is 23.0 Å². The maximum absolute atomic E-state index is 9.66. The van der Waals surface area contributed by atoms with Crippen molar-refractivity contribution in [2.24, 2.45) is 5.92 Å². The van der Waals surface area contributed by atoms with Crippen LogP contribution in [0.2, 0.25) is 0 Å². The zero-order valence-corrected chi connectivity index (χ0v) is 13.5. The fourth-order valence-corrected chi connectivity index (χ4v) is 2.71. The van der Waals surface area contributed by atoms with E-state index in [0.29, 0.717) is 0 Å². The molecule has 3 unspecified atom stereocenters. The molecule has 16 heavy (non-hydrogen) atoms. The van der Waals surface area contributed by atoms with Crippen molar-refractivity contribution < 1.29 is 12.9 Å². The topological polar surface area (TPSA) is 38.7 Å². The molecule has 5 heteroatoms. The lowest BCUT2D eigenvalue weighted by molar-refractivity contribution is -0.137. The standard InChI is InChI=1S/C11H24BIO3/c1-7(9(15-13)8(2)14)10(3,4)16-11(5,6)12/h7-9,14H,12H2,1-6H3. The van der Waals surface area contributed by atoms with Crippen LogP contribution in [0.1, 0.15) is 41.5 Å². The van der Waals surface area contributed by atoms with Gasteiger partial charge in [0.25, 0.3) is 0 Å². The Morgan fingerprint density at radius 3 is 1.88 bits per heavy atom. The average Bonchev–Trinajstić information content (AvgIpc) is 1.99. The molecule has 0 aromatic rings. The Labute approximate surface area is 114 Å². The highest BCUT2D eigenvalue weighted by Crippen LogP contribution is 2.31. The molecule has 0 bridgehead atoms. The summed E-state index contributed by atoms with van der Waals surface area (Å²) in [4.78, 5) is 0. The van der Waals surface area contributed by atoms with Crippen molar-refractivity contribution in [3.63, 3.8) is 0 Å². The van der Waals surface area contributed by atoms with Crippen molar-refractivity contribution in [3.8, 4) is 0 Å². The molecule has 1 N–H and O–H groups in total. The molecule has 0 rings (SSSR count). The van der Waals surface area contributed by atoms with Crippen LogP contribution in [0.5, 0.6) is 0 Å². The first-order valence-electron chi connectivity index (χ1n) is 5.67. The van der Waals surface area contributed by atoms with E-state index in [1.807, 2.05) is 65.5 Å². The number of aliphatic hydroxyl groups is 1. The summed E-state index contributed by atoms with van der Waals surface area (Å²) in [5.41, 5.74) is -0.544. The van der Waals surface area contributed by atoms with Crippen LogP contribution in [0.3, 0.4) is 0 Å². The summed E-state index contributed by atoms with van der Waals surface area (Å²) in [6.07, 6.45) is -0.729. The first kappa shape index (κ1) is 16.7. The number of rotatable bonds is 6. The van der Waals surface area contributed by atoms with Gasteiger partial charge in [0, 0.05) is 11.4 Å². The van der Waals surface area contributed by atoms with Crippen molar-refractivity contribution in [1.29, 1.82) is 0 Å². The van der Waals surface area contributed by atoms with Crippen LogP contribution < -0.4 is 0 Å². The van der Waals surface area contributed by atoms with E-state index in [-0.39, 0.29) is 23.1 Å². The number of aliphatic hydroxyl groups excluding tert-OH is 1. The molecule has 0 amide bonds. The van der Waals surface area contributed by atoms with E-state index in [2.05, 4.69) is 0 Å². The fraction of sp³-hybridized carbons (Fsp3) is 1.00. The molecule has 0 heterocycles. The number of halogens is 1. The van der Waals surface area contributed by atoms with Gasteiger partial charge in [0.2, 0.25) is 0 Å². The van der Waals surface area contributed by atoms with E-state index in [9.17, 15) is 5.11 Å². The molecule has 0 fully saturated rings. The number of ether oxygens (including phenoxy) is 1. The average molecular weight is 342 g/mol. The lowest BCUT2D eigenvalue weighted by Crippen LogP contribution is -2.48. The highest BCUT2D eigenvalue weighted by atomic mass is 127. The van der Waals surface area contributed by atoms with Gasteiger partial charge >= 0.3 is 0 Å². The fourth-order valence-electron chi connectivity index (χ4n) is 1.85. The molecule has 3 nitrogen and oxygen atoms in total. The molecule has 0 aromatic heterocycles. The summed E-state index contributed by atoms with van der Waals surface area (Å²) in [6.45, 7) is 11.9. The minimum atomic E-state index is -0.505.